The molecule has 1 aromatic rings. The minimum absolute atomic E-state index is 0.0915. The van der Waals surface area contributed by atoms with E-state index in [4.69, 9.17) is 10.5 Å². The monoisotopic (exact) mass is 212 g/mol. The Labute approximate surface area is 90.6 Å². The van der Waals surface area contributed by atoms with E-state index in [1.54, 1.807) is 13.4 Å². The average Bonchev–Trinajstić information content (AvgIpc) is 2.61. The van der Waals surface area contributed by atoms with Gasteiger partial charge in [-0.3, -0.25) is 0 Å². The highest BCUT2D eigenvalue weighted by Crippen LogP contribution is 2.12. The van der Waals surface area contributed by atoms with Crippen LogP contribution in [-0.4, -0.2) is 28.5 Å². The van der Waals surface area contributed by atoms with Gasteiger partial charge in [0, 0.05) is 20.3 Å². The predicted molar refractivity (Wildman–Crippen MR) is 58.3 cm³/mol. The number of methoxy groups -OCH3 is 1. The second-order valence-electron chi connectivity index (χ2n) is 4.12. The number of rotatable bonds is 6. The fourth-order valence-electron chi connectivity index (χ4n) is 1.46. The van der Waals surface area contributed by atoms with E-state index in [0.29, 0.717) is 12.5 Å². The van der Waals surface area contributed by atoms with Crippen LogP contribution in [0, 0.1) is 5.92 Å². The highest BCUT2D eigenvalue weighted by Gasteiger charge is 2.13. The first-order chi connectivity index (χ1) is 7.15. The summed E-state index contributed by atoms with van der Waals surface area (Å²) in [5, 5.41) is 7.95. The Balaban J connectivity index is 2.62. The van der Waals surface area contributed by atoms with Crippen molar-refractivity contribution < 1.29 is 4.74 Å². The summed E-state index contributed by atoms with van der Waals surface area (Å²) in [5.74, 6) is 1.41. The topological polar surface area (TPSA) is 66.0 Å². The standard InChI is InChI=1S/C10H20N4O/c1-8(2)6-14-7-12-13-10(14)9(11)4-5-15-3/h7-9H,4-6,11H2,1-3H3. The molecule has 0 bridgehead atoms. The quantitative estimate of drug-likeness (QED) is 0.763. The van der Waals surface area contributed by atoms with Gasteiger partial charge >= 0.3 is 0 Å². The molecule has 0 radical (unpaired) electrons. The second kappa shape index (κ2) is 5.82. The van der Waals surface area contributed by atoms with Gasteiger partial charge in [0.15, 0.2) is 0 Å². The average molecular weight is 212 g/mol. The molecule has 0 aromatic carbocycles. The van der Waals surface area contributed by atoms with Crippen LogP contribution in [0.1, 0.15) is 32.1 Å². The number of hydrogen-bond donors (Lipinski definition) is 1. The van der Waals surface area contributed by atoms with Crippen LogP contribution in [0.25, 0.3) is 0 Å². The summed E-state index contributed by atoms with van der Waals surface area (Å²) in [5.41, 5.74) is 6.00. The van der Waals surface area contributed by atoms with Gasteiger partial charge in [0.1, 0.15) is 12.2 Å². The molecule has 1 rings (SSSR count). The Morgan fingerprint density at radius 3 is 2.87 bits per heavy atom. The molecule has 86 valence electrons. The molecule has 5 heteroatoms. The molecular weight excluding hydrogens is 192 g/mol. The highest BCUT2D eigenvalue weighted by atomic mass is 16.5. The minimum Gasteiger partial charge on any atom is -0.385 e. The molecule has 0 amide bonds. The summed E-state index contributed by atoms with van der Waals surface area (Å²) < 4.78 is 7.01. The molecule has 0 saturated carbocycles. The molecule has 1 unspecified atom stereocenters. The summed E-state index contributed by atoms with van der Waals surface area (Å²) in [6, 6.07) is -0.0915. The molecule has 0 saturated heterocycles. The van der Waals surface area contributed by atoms with Crippen molar-refractivity contribution in [3.63, 3.8) is 0 Å². The normalized spacial score (nSPS) is 13.4. The molecule has 2 N–H and O–H groups in total. The van der Waals surface area contributed by atoms with Crippen LogP contribution in [0.5, 0.6) is 0 Å². The summed E-state index contributed by atoms with van der Waals surface area (Å²) in [4.78, 5) is 0. The van der Waals surface area contributed by atoms with Gasteiger partial charge in [-0.15, -0.1) is 10.2 Å². The molecule has 0 aliphatic carbocycles. The SMILES string of the molecule is COCCC(N)c1nncn1CC(C)C. The van der Waals surface area contributed by atoms with Crippen molar-refractivity contribution in [2.75, 3.05) is 13.7 Å². The Kier molecular flexibility index (Phi) is 4.71. The summed E-state index contributed by atoms with van der Waals surface area (Å²) in [6.45, 7) is 5.87. The third-order valence-electron chi connectivity index (χ3n) is 2.17. The second-order valence-corrected chi connectivity index (χ2v) is 4.12. The lowest BCUT2D eigenvalue weighted by molar-refractivity contribution is 0.186. The van der Waals surface area contributed by atoms with E-state index in [2.05, 4.69) is 24.0 Å². The van der Waals surface area contributed by atoms with Gasteiger partial charge in [-0.05, 0) is 12.3 Å². The van der Waals surface area contributed by atoms with Crippen LogP contribution in [0.4, 0.5) is 0 Å². The maximum Gasteiger partial charge on any atom is 0.149 e. The fraction of sp³-hybridized carbons (Fsp3) is 0.800. The third-order valence-corrected chi connectivity index (χ3v) is 2.17. The Hall–Kier alpha value is -0.940. The van der Waals surface area contributed by atoms with Gasteiger partial charge in [-0.25, -0.2) is 0 Å². The Morgan fingerprint density at radius 1 is 1.53 bits per heavy atom. The maximum absolute atomic E-state index is 6.00. The van der Waals surface area contributed by atoms with Crippen molar-refractivity contribution in [3.05, 3.63) is 12.2 Å². The molecule has 0 aliphatic heterocycles. The van der Waals surface area contributed by atoms with Gasteiger partial charge in [-0.1, -0.05) is 13.8 Å². The number of hydrogen-bond acceptors (Lipinski definition) is 4. The van der Waals surface area contributed by atoms with Crippen molar-refractivity contribution in [2.45, 2.75) is 32.9 Å². The highest BCUT2D eigenvalue weighted by molar-refractivity contribution is 4.93. The van der Waals surface area contributed by atoms with Gasteiger partial charge in [0.05, 0.1) is 6.04 Å². The van der Waals surface area contributed by atoms with Crippen LogP contribution in [0.15, 0.2) is 6.33 Å². The van der Waals surface area contributed by atoms with E-state index >= 15 is 0 Å². The van der Waals surface area contributed by atoms with Gasteiger partial charge in [0.25, 0.3) is 0 Å². The summed E-state index contributed by atoms with van der Waals surface area (Å²) >= 11 is 0. The molecule has 1 aromatic heterocycles. The predicted octanol–water partition coefficient (Wildman–Crippen LogP) is 0.970. The van der Waals surface area contributed by atoms with Crippen LogP contribution in [0.3, 0.4) is 0 Å². The van der Waals surface area contributed by atoms with E-state index in [0.717, 1.165) is 18.8 Å². The molecule has 0 spiro atoms. The first kappa shape index (κ1) is 12.1. The first-order valence-corrected chi connectivity index (χ1v) is 5.27. The zero-order valence-electron chi connectivity index (χ0n) is 9.68. The van der Waals surface area contributed by atoms with Crippen molar-refractivity contribution in [3.8, 4) is 0 Å². The van der Waals surface area contributed by atoms with E-state index in [1.165, 1.54) is 0 Å². The van der Waals surface area contributed by atoms with Gasteiger partial charge in [-0.2, -0.15) is 0 Å². The number of aromatic nitrogens is 3. The smallest absolute Gasteiger partial charge is 0.149 e. The number of ether oxygens (including phenoxy) is 1. The van der Waals surface area contributed by atoms with E-state index in [1.807, 2.05) is 4.57 Å². The van der Waals surface area contributed by atoms with Crippen LogP contribution >= 0.6 is 0 Å². The van der Waals surface area contributed by atoms with Crippen LogP contribution < -0.4 is 5.73 Å². The van der Waals surface area contributed by atoms with E-state index in [9.17, 15) is 0 Å². The molecule has 5 nitrogen and oxygen atoms in total. The molecule has 0 fully saturated rings. The molecule has 1 atom stereocenters. The minimum atomic E-state index is -0.0915. The van der Waals surface area contributed by atoms with Gasteiger partial charge < -0.3 is 15.0 Å². The maximum atomic E-state index is 6.00. The van der Waals surface area contributed by atoms with Crippen molar-refractivity contribution in [1.29, 1.82) is 0 Å². The lowest BCUT2D eigenvalue weighted by atomic mass is 10.2. The molecule has 15 heavy (non-hydrogen) atoms. The molecule has 0 aliphatic rings. The lowest BCUT2D eigenvalue weighted by Crippen LogP contribution is -2.19. The van der Waals surface area contributed by atoms with E-state index in [-0.39, 0.29) is 6.04 Å². The lowest BCUT2D eigenvalue weighted by Gasteiger charge is -2.13. The first-order valence-electron chi connectivity index (χ1n) is 5.27. The largest absolute Gasteiger partial charge is 0.385 e. The Morgan fingerprint density at radius 2 is 2.27 bits per heavy atom. The van der Waals surface area contributed by atoms with E-state index < -0.39 is 0 Å². The molecule has 1 heterocycles. The zero-order valence-corrected chi connectivity index (χ0v) is 9.68. The fourth-order valence-corrected chi connectivity index (χ4v) is 1.46. The van der Waals surface area contributed by atoms with Crippen LogP contribution in [0.2, 0.25) is 0 Å². The Bertz CT molecular complexity index is 285. The van der Waals surface area contributed by atoms with Crippen molar-refractivity contribution in [2.24, 2.45) is 11.7 Å². The van der Waals surface area contributed by atoms with Crippen molar-refractivity contribution >= 4 is 0 Å². The third kappa shape index (κ3) is 3.60. The molecular formula is C10H20N4O. The zero-order chi connectivity index (χ0) is 11.3. The van der Waals surface area contributed by atoms with Crippen molar-refractivity contribution in [1.82, 2.24) is 14.8 Å². The van der Waals surface area contributed by atoms with Crippen LogP contribution in [-0.2, 0) is 11.3 Å². The number of nitrogens with zero attached hydrogens (tertiary/aromatic N) is 3. The number of nitrogens with two attached hydrogens (primary N) is 1. The summed E-state index contributed by atoms with van der Waals surface area (Å²) in [6.07, 6.45) is 2.51. The summed E-state index contributed by atoms with van der Waals surface area (Å²) in [7, 11) is 1.67. The van der Waals surface area contributed by atoms with Gasteiger partial charge in [0.2, 0.25) is 0 Å².